The molecule has 0 fully saturated rings. The molecule has 0 aliphatic carbocycles. The zero-order valence-corrected chi connectivity index (χ0v) is 9.97. The highest BCUT2D eigenvalue weighted by atomic mass is 31.1. The van der Waals surface area contributed by atoms with Gasteiger partial charge >= 0.3 is 5.97 Å². The van der Waals surface area contributed by atoms with Crippen LogP contribution in [-0.2, 0) is 14.2 Å². The van der Waals surface area contributed by atoms with Crippen molar-refractivity contribution in [3.8, 4) is 0 Å². The van der Waals surface area contributed by atoms with Gasteiger partial charge in [-0.1, -0.05) is 13.3 Å². The van der Waals surface area contributed by atoms with Gasteiger partial charge in [-0.15, -0.1) is 0 Å². The summed E-state index contributed by atoms with van der Waals surface area (Å²) < 4.78 is 10.5. The Balaban J connectivity index is 4.34. The first-order chi connectivity index (χ1) is 7.38. The summed E-state index contributed by atoms with van der Waals surface area (Å²) in [4.78, 5) is 30.6. The van der Waals surface area contributed by atoms with Crippen molar-refractivity contribution in [2.24, 2.45) is 5.73 Å². The molecular formula is C8H17N2O5P. The molecule has 0 aliphatic heterocycles. The van der Waals surface area contributed by atoms with Crippen molar-refractivity contribution in [3.05, 3.63) is 0 Å². The molecule has 0 saturated carbocycles. The zero-order valence-electron chi connectivity index (χ0n) is 8.97. The first kappa shape index (κ1) is 15.1. The van der Waals surface area contributed by atoms with E-state index in [9.17, 15) is 14.2 Å². The predicted molar refractivity (Wildman–Crippen MR) is 58.5 cm³/mol. The fourth-order valence-electron chi connectivity index (χ4n) is 1.10. The third-order valence-corrected chi connectivity index (χ3v) is 2.69. The van der Waals surface area contributed by atoms with E-state index in [2.05, 4.69) is 5.32 Å². The summed E-state index contributed by atoms with van der Waals surface area (Å²) in [6.45, 7) is 1.84. The van der Waals surface area contributed by atoms with Crippen LogP contribution in [0.15, 0.2) is 0 Å². The summed E-state index contributed by atoms with van der Waals surface area (Å²) in [6.07, 6.45) is 0.653. The minimum absolute atomic E-state index is 0.437. The van der Waals surface area contributed by atoms with Gasteiger partial charge in [-0.3, -0.25) is 9.36 Å². The number of carboxylic acid groups (broad SMARTS) is 1. The molecule has 0 rings (SSSR count). The number of nitrogens with two attached hydrogens (primary N) is 1. The van der Waals surface area contributed by atoms with Crippen LogP contribution in [0.5, 0.6) is 0 Å². The molecular weight excluding hydrogens is 235 g/mol. The van der Waals surface area contributed by atoms with Crippen molar-refractivity contribution in [3.63, 3.8) is 0 Å². The van der Waals surface area contributed by atoms with Crippen molar-refractivity contribution < 1.29 is 24.2 Å². The molecule has 0 bridgehead atoms. The minimum Gasteiger partial charge on any atom is -0.480 e. The van der Waals surface area contributed by atoms with Crippen LogP contribution >= 0.6 is 8.03 Å². The lowest BCUT2D eigenvalue weighted by Crippen LogP contribution is -2.49. The molecule has 0 saturated heterocycles. The number of hydrogen-bond acceptors (Lipinski definition) is 4. The molecule has 8 heteroatoms. The average Bonchev–Trinajstić information content (AvgIpc) is 2.16. The fraction of sp³-hybridized carbons (Fsp3) is 0.750. The molecule has 5 N–H and O–H groups in total. The first-order valence-electron chi connectivity index (χ1n) is 4.89. The van der Waals surface area contributed by atoms with E-state index in [4.69, 9.17) is 15.7 Å². The van der Waals surface area contributed by atoms with Gasteiger partial charge in [0.25, 0.3) is 0 Å². The lowest BCUT2D eigenvalue weighted by atomic mass is 10.1. The van der Waals surface area contributed by atoms with Gasteiger partial charge in [0.2, 0.25) is 5.91 Å². The normalized spacial score (nSPS) is 16.2. The van der Waals surface area contributed by atoms with E-state index < -0.39 is 38.2 Å². The van der Waals surface area contributed by atoms with Crippen molar-refractivity contribution >= 4 is 19.9 Å². The summed E-state index contributed by atoms with van der Waals surface area (Å²) in [6, 6.07) is -2.14. The van der Waals surface area contributed by atoms with Crippen molar-refractivity contribution in [1.29, 1.82) is 0 Å². The number of rotatable bonds is 7. The maximum atomic E-state index is 11.4. The van der Waals surface area contributed by atoms with Gasteiger partial charge in [0, 0.05) is 0 Å². The van der Waals surface area contributed by atoms with Gasteiger partial charge in [0.1, 0.15) is 6.04 Å². The maximum Gasteiger partial charge on any atom is 0.326 e. The smallest absolute Gasteiger partial charge is 0.326 e. The van der Waals surface area contributed by atoms with Crippen LogP contribution in [0.3, 0.4) is 0 Å². The van der Waals surface area contributed by atoms with Gasteiger partial charge < -0.3 is 21.1 Å². The Kier molecular flexibility index (Phi) is 6.96. The second kappa shape index (κ2) is 7.38. The SMILES string of the molecule is CCC[C@H](N)C(=O)NC(C[PH](=O)O)C(=O)O. The minimum atomic E-state index is -2.95. The number of amides is 1. The van der Waals surface area contributed by atoms with Gasteiger partial charge in [-0.05, 0) is 6.42 Å². The second-order valence-corrected chi connectivity index (χ2v) is 4.59. The van der Waals surface area contributed by atoms with E-state index in [-0.39, 0.29) is 0 Å². The molecule has 0 heterocycles. The van der Waals surface area contributed by atoms with Crippen molar-refractivity contribution in [1.82, 2.24) is 5.32 Å². The third-order valence-electron chi connectivity index (χ3n) is 1.93. The number of nitrogens with one attached hydrogen (secondary N) is 1. The number of carboxylic acids is 1. The van der Waals surface area contributed by atoms with Crippen molar-refractivity contribution in [2.45, 2.75) is 31.8 Å². The average molecular weight is 252 g/mol. The molecule has 0 aromatic rings. The Morgan fingerprint density at radius 2 is 2.06 bits per heavy atom. The van der Waals surface area contributed by atoms with Gasteiger partial charge in [0.15, 0.2) is 8.03 Å². The van der Waals surface area contributed by atoms with Crippen LogP contribution in [0.4, 0.5) is 0 Å². The lowest BCUT2D eigenvalue weighted by molar-refractivity contribution is -0.141. The molecule has 0 aromatic heterocycles. The van der Waals surface area contributed by atoms with E-state index in [1.807, 2.05) is 6.92 Å². The van der Waals surface area contributed by atoms with Gasteiger partial charge in [-0.25, -0.2) is 4.79 Å². The Hall–Kier alpha value is -0.910. The van der Waals surface area contributed by atoms with Gasteiger partial charge in [-0.2, -0.15) is 0 Å². The molecule has 1 amide bonds. The van der Waals surface area contributed by atoms with E-state index in [1.165, 1.54) is 0 Å². The van der Waals surface area contributed by atoms with Crippen LogP contribution in [0.2, 0.25) is 0 Å². The quantitative estimate of drug-likeness (QED) is 0.437. The van der Waals surface area contributed by atoms with Crippen molar-refractivity contribution in [2.75, 3.05) is 6.16 Å². The van der Waals surface area contributed by atoms with Crippen LogP contribution < -0.4 is 11.1 Å². The molecule has 0 aliphatic rings. The standard InChI is InChI=1S/C8H17N2O5P/c1-2-3-5(9)7(11)10-6(8(12)13)4-16(14)15/h5-6,16H,2-4,9H2,1H3,(H,10,11)(H,12,13)(H,14,15)/t5-,6?/m0/s1. The number of carbonyl (C=O) groups is 2. The molecule has 7 nitrogen and oxygen atoms in total. The topological polar surface area (TPSA) is 130 Å². The fourth-order valence-corrected chi connectivity index (χ4v) is 1.72. The second-order valence-electron chi connectivity index (χ2n) is 3.39. The zero-order chi connectivity index (χ0) is 12.7. The summed E-state index contributed by atoms with van der Waals surface area (Å²) in [5.74, 6) is -1.96. The molecule has 3 atom stereocenters. The van der Waals surface area contributed by atoms with E-state index in [0.29, 0.717) is 12.8 Å². The first-order valence-corrected chi connectivity index (χ1v) is 6.45. The van der Waals surface area contributed by atoms with Crippen LogP contribution in [0, 0.1) is 0 Å². The van der Waals surface area contributed by atoms with Crippen LogP contribution in [-0.4, -0.2) is 40.1 Å². The van der Waals surface area contributed by atoms with Gasteiger partial charge in [0.05, 0.1) is 12.2 Å². The summed E-state index contributed by atoms with van der Waals surface area (Å²) in [5.41, 5.74) is 5.47. The molecule has 0 spiro atoms. The third kappa shape index (κ3) is 5.85. The largest absolute Gasteiger partial charge is 0.480 e. The highest BCUT2D eigenvalue weighted by Gasteiger charge is 2.24. The van der Waals surface area contributed by atoms with E-state index in [1.54, 1.807) is 0 Å². The highest BCUT2D eigenvalue weighted by molar-refractivity contribution is 7.38. The van der Waals surface area contributed by atoms with Crippen LogP contribution in [0.25, 0.3) is 0 Å². The molecule has 0 aromatic carbocycles. The molecule has 0 radical (unpaired) electrons. The number of carbonyl (C=O) groups excluding carboxylic acids is 1. The van der Waals surface area contributed by atoms with E-state index >= 15 is 0 Å². The number of hydrogen-bond donors (Lipinski definition) is 4. The predicted octanol–water partition coefficient (Wildman–Crippen LogP) is -0.850. The number of aliphatic carboxylic acids is 1. The maximum absolute atomic E-state index is 11.4. The summed E-state index contributed by atoms with van der Waals surface area (Å²) in [7, 11) is -2.95. The summed E-state index contributed by atoms with van der Waals surface area (Å²) >= 11 is 0. The van der Waals surface area contributed by atoms with Crippen LogP contribution in [0.1, 0.15) is 19.8 Å². The Labute approximate surface area is 93.9 Å². The highest BCUT2D eigenvalue weighted by Crippen LogP contribution is 2.14. The molecule has 16 heavy (non-hydrogen) atoms. The van der Waals surface area contributed by atoms with E-state index in [0.717, 1.165) is 0 Å². The Bertz CT molecular complexity index is 284. The lowest BCUT2D eigenvalue weighted by Gasteiger charge is -2.16. The molecule has 94 valence electrons. The monoisotopic (exact) mass is 252 g/mol. The Morgan fingerprint density at radius 1 is 1.50 bits per heavy atom. The summed E-state index contributed by atoms with van der Waals surface area (Å²) in [5, 5.41) is 10.8. The molecule has 2 unspecified atom stereocenters. The Morgan fingerprint density at radius 3 is 2.44 bits per heavy atom.